The fourth-order valence-corrected chi connectivity index (χ4v) is 2.64. The third-order valence-electron chi connectivity index (χ3n) is 3.08. The lowest BCUT2D eigenvalue weighted by atomic mass is 10.1. The van der Waals surface area contributed by atoms with Crippen LogP contribution in [0.4, 0.5) is 4.39 Å². The second-order valence-electron chi connectivity index (χ2n) is 5.06. The molecular formula is C16H20FNO2S. The zero-order valence-electron chi connectivity index (χ0n) is 12.0. The van der Waals surface area contributed by atoms with Gasteiger partial charge in [0.15, 0.2) is 0 Å². The average molecular weight is 309 g/mol. The molecule has 0 spiro atoms. The van der Waals surface area contributed by atoms with Crippen molar-refractivity contribution in [3.8, 4) is 5.75 Å². The van der Waals surface area contributed by atoms with Crippen molar-refractivity contribution < 1.29 is 14.2 Å². The van der Waals surface area contributed by atoms with Gasteiger partial charge in [-0.05, 0) is 60.0 Å². The van der Waals surface area contributed by atoms with Crippen LogP contribution in [0.15, 0.2) is 41.1 Å². The summed E-state index contributed by atoms with van der Waals surface area (Å²) in [6.45, 7) is 2.74. The number of hydrogen-bond acceptors (Lipinski definition) is 4. The van der Waals surface area contributed by atoms with Crippen molar-refractivity contribution in [2.24, 2.45) is 0 Å². The largest absolute Gasteiger partial charge is 0.491 e. The minimum atomic E-state index is -0.597. The molecule has 0 aliphatic heterocycles. The summed E-state index contributed by atoms with van der Waals surface area (Å²) in [5.74, 6) is 0.258. The molecule has 21 heavy (non-hydrogen) atoms. The van der Waals surface area contributed by atoms with E-state index in [9.17, 15) is 9.50 Å². The topological polar surface area (TPSA) is 41.5 Å². The smallest absolute Gasteiger partial charge is 0.123 e. The van der Waals surface area contributed by atoms with E-state index in [0.717, 1.165) is 6.42 Å². The Morgan fingerprint density at radius 1 is 1.29 bits per heavy atom. The van der Waals surface area contributed by atoms with Crippen LogP contribution in [-0.4, -0.2) is 30.4 Å². The van der Waals surface area contributed by atoms with Crippen LogP contribution >= 0.6 is 11.3 Å². The predicted molar refractivity (Wildman–Crippen MR) is 83.4 cm³/mol. The third kappa shape index (κ3) is 5.83. The van der Waals surface area contributed by atoms with E-state index in [4.69, 9.17) is 4.74 Å². The Morgan fingerprint density at radius 3 is 2.71 bits per heavy atom. The van der Waals surface area contributed by atoms with E-state index in [1.807, 2.05) is 0 Å². The van der Waals surface area contributed by atoms with Crippen molar-refractivity contribution in [3.63, 3.8) is 0 Å². The second-order valence-corrected chi connectivity index (χ2v) is 5.84. The van der Waals surface area contributed by atoms with E-state index < -0.39 is 6.10 Å². The zero-order chi connectivity index (χ0) is 15.1. The summed E-state index contributed by atoms with van der Waals surface area (Å²) in [6, 6.07) is 8.17. The van der Waals surface area contributed by atoms with Gasteiger partial charge in [0.2, 0.25) is 0 Å². The van der Waals surface area contributed by atoms with Crippen LogP contribution in [0.3, 0.4) is 0 Å². The standard InChI is InChI=1S/C16H20FNO2S/c1-12(8-13-6-7-21-11-13)18-9-15(19)10-20-16-4-2-14(17)3-5-16/h2-7,11-12,15,18-19H,8-10H2,1H3. The monoisotopic (exact) mass is 309 g/mol. The van der Waals surface area contributed by atoms with Crippen molar-refractivity contribution in [1.82, 2.24) is 5.32 Å². The summed E-state index contributed by atoms with van der Waals surface area (Å²) in [7, 11) is 0. The Labute approximate surface area is 128 Å². The van der Waals surface area contributed by atoms with E-state index in [-0.39, 0.29) is 12.4 Å². The Morgan fingerprint density at radius 2 is 2.05 bits per heavy atom. The quantitative estimate of drug-likeness (QED) is 0.788. The molecule has 0 fully saturated rings. The molecule has 2 N–H and O–H groups in total. The minimum absolute atomic E-state index is 0.184. The van der Waals surface area contributed by atoms with Crippen LogP contribution in [0, 0.1) is 5.82 Å². The minimum Gasteiger partial charge on any atom is -0.491 e. The van der Waals surface area contributed by atoms with Crippen LogP contribution in [0.5, 0.6) is 5.75 Å². The third-order valence-corrected chi connectivity index (χ3v) is 3.81. The molecule has 2 rings (SSSR count). The molecule has 0 amide bonds. The highest BCUT2D eigenvalue weighted by atomic mass is 32.1. The van der Waals surface area contributed by atoms with E-state index in [1.165, 1.54) is 17.7 Å². The van der Waals surface area contributed by atoms with Crippen LogP contribution in [-0.2, 0) is 6.42 Å². The van der Waals surface area contributed by atoms with Crippen LogP contribution < -0.4 is 10.1 Å². The molecule has 2 unspecified atom stereocenters. The maximum atomic E-state index is 12.7. The van der Waals surface area contributed by atoms with Gasteiger partial charge in [-0.1, -0.05) is 0 Å². The SMILES string of the molecule is CC(Cc1ccsc1)NCC(O)COc1ccc(F)cc1. The van der Waals surface area contributed by atoms with Crippen molar-refractivity contribution in [1.29, 1.82) is 0 Å². The molecular weight excluding hydrogens is 289 g/mol. The van der Waals surface area contributed by atoms with Crippen molar-refractivity contribution >= 4 is 11.3 Å². The summed E-state index contributed by atoms with van der Waals surface area (Å²) in [4.78, 5) is 0. The first kappa shape index (κ1) is 15.9. The first-order valence-electron chi connectivity index (χ1n) is 6.94. The van der Waals surface area contributed by atoms with Gasteiger partial charge >= 0.3 is 0 Å². The summed E-state index contributed by atoms with van der Waals surface area (Å²) in [5.41, 5.74) is 1.30. The number of hydrogen-bond donors (Lipinski definition) is 2. The van der Waals surface area contributed by atoms with Gasteiger partial charge in [0, 0.05) is 12.6 Å². The molecule has 3 nitrogen and oxygen atoms in total. The highest BCUT2D eigenvalue weighted by Crippen LogP contribution is 2.11. The number of benzene rings is 1. The van der Waals surface area contributed by atoms with Gasteiger partial charge < -0.3 is 15.2 Å². The molecule has 0 saturated heterocycles. The number of thiophene rings is 1. The van der Waals surface area contributed by atoms with E-state index >= 15 is 0 Å². The van der Waals surface area contributed by atoms with Gasteiger partial charge in [-0.2, -0.15) is 11.3 Å². The molecule has 2 atom stereocenters. The summed E-state index contributed by atoms with van der Waals surface area (Å²) >= 11 is 1.69. The molecule has 5 heteroatoms. The number of nitrogens with one attached hydrogen (secondary N) is 1. The summed E-state index contributed by atoms with van der Waals surface area (Å²) in [6.07, 6.45) is 0.342. The van der Waals surface area contributed by atoms with Crippen molar-refractivity contribution in [3.05, 3.63) is 52.5 Å². The van der Waals surface area contributed by atoms with Gasteiger partial charge in [0.1, 0.15) is 24.3 Å². The first-order valence-corrected chi connectivity index (χ1v) is 7.88. The van der Waals surface area contributed by atoms with Crippen molar-refractivity contribution in [2.45, 2.75) is 25.5 Å². The van der Waals surface area contributed by atoms with E-state index in [1.54, 1.807) is 23.5 Å². The number of halogens is 1. The Balaban J connectivity index is 1.65. The summed E-state index contributed by atoms with van der Waals surface area (Å²) < 4.78 is 18.1. The van der Waals surface area contributed by atoms with Gasteiger partial charge in [-0.15, -0.1) is 0 Å². The van der Waals surface area contributed by atoms with E-state index in [2.05, 4.69) is 29.1 Å². The molecule has 1 aromatic carbocycles. The first-order chi connectivity index (χ1) is 10.1. The van der Waals surface area contributed by atoms with Crippen LogP contribution in [0.1, 0.15) is 12.5 Å². The Bertz CT molecular complexity index is 516. The summed E-state index contributed by atoms with van der Waals surface area (Å²) in [5, 5.41) is 17.4. The van der Waals surface area contributed by atoms with Gasteiger partial charge in [-0.25, -0.2) is 4.39 Å². The molecule has 0 saturated carbocycles. The molecule has 0 bridgehead atoms. The number of aliphatic hydroxyl groups is 1. The molecule has 2 aromatic rings. The second kappa shape index (κ2) is 8.12. The lowest BCUT2D eigenvalue weighted by Gasteiger charge is -2.17. The van der Waals surface area contributed by atoms with Crippen LogP contribution in [0.2, 0.25) is 0 Å². The predicted octanol–water partition coefficient (Wildman–Crippen LogP) is 2.85. The Kier molecular flexibility index (Phi) is 6.17. The fraction of sp³-hybridized carbons (Fsp3) is 0.375. The van der Waals surface area contributed by atoms with Crippen LogP contribution in [0.25, 0.3) is 0 Å². The van der Waals surface area contributed by atoms with E-state index in [0.29, 0.717) is 18.3 Å². The van der Waals surface area contributed by atoms with Gasteiger partial charge in [0.25, 0.3) is 0 Å². The fourth-order valence-electron chi connectivity index (χ4n) is 1.95. The lowest BCUT2D eigenvalue weighted by Crippen LogP contribution is -2.37. The Hall–Kier alpha value is -1.43. The van der Waals surface area contributed by atoms with Gasteiger partial charge in [0.05, 0.1) is 0 Å². The molecule has 0 radical (unpaired) electrons. The highest BCUT2D eigenvalue weighted by Gasteiger charge is 2.09. The number of rotatable bonds is 8. The molecule has 0 aliphatic carbocycles. The number of ether oxygens (including phenoxy) is 1. The maximum absolute atomic E-state index is 12.7. The average Bonchev–Trinajstić information content (AvgIpc) is 2.97. The molecule has 114 valence electrons. The molecule has 1 heterocycles. The number of aliphatic hydroxyl groups excluding tert-OH is 1. The zero-order valence-corrected chi connectivity index (χ0v) is 12.8. The van der Waals surface area contributed by atoms with Gasteiger partial charge in [-0.3, -0.25) is 0 Å². The highest BCUT2D eigenvalue weighted by molar-refractivity contribution is 7.07. The van der Waals surface area contributed by atoms with Crippen molar-refractivity contribution in [2.75, 3.05) is 13.2 Å². The normalized spacial score (nSPS) is 13.9. The lowest BCUT2D eigenvalue weighted by molar-refractivity contribution is 0.104. The molecule has 0 aliphatic rings. The maximum Gasteiger partial charge on any atom is 0.123 e. The molecule has 1 aromatic heterocycles.